The number of anilines is 1. The van der Waals surface area contributed by atoms with Crippen LogP contribution >= 0.6 is 0 Å². The maximum absolute atomic E-state index is 13.5. The zero-order valence-corrected chi connectivity index (χ0v) is 15.0. The van der Waals surface area contributed by atoms with E-state index < -0.39 is 41.5 Å². The fourth-order valence-electron chi connectivity index (χ4n) is 2.14. The average Bonchev–Trinajstić information content (AvgIpc) is 2.70. The lowest BCUT2D eigenvalue weighted by molar-refractivity contribution is -0.121. The highest BCUT2D eigenvalue weighted by Gasteiger charge is 2.15. The molecule has 0 atom stereocenters. The molecule has 2 N–H and O–H groups in total. The van der Waals surface area contributed by atoms with E-state index in [1.807, 2.05) is 5.32 Å². The van der Waals surface area contributed by atoms with Crippen LogP contribution in [0.5, 0.6) is 11.5 Å². The summed E-state index contributed by atoms with van der Waals surface area (Å²) in [7, 11) is 2.98. The third-order valence-corrected chi connectivity index (χ3v) is 3.53. The smallest absolute Gasteiger partial charge is 0.244 e. The lowest BCUT2D eigenvalue weighted by Gasteiger charge is -2.08. The van der Waals surface area contributed by atoms with Gasteiger partial charge in [-0.05, 0) is 35.9 Å². The lowest BCUT2D eigenvalue weighted by Crippen LogP contribution is -2.32. The predicted octanol–water partition coefficient (Wildman–Crippen LogP) is 2.89. The van der Waals surface area contributed by atoms with Gasteiger partial charge in [-0.3, -0.25) is 9.59 Å². The Morgan fingerprint density at radius 1 is 1.00 bits per heavy atom. The van der Waals surface area contributed by atoms with E-state index in [-0.39, 0.29) is 0 Å². The van der Waals surface area contributed by atoms with Crippen LogP contribution in [0.15, 0.2) is 36.4 Å². The van der Waals surface area contributed by atoms with Gasteiger partial charge in [0, 0.05) is 12.1 Å². The maximum Gasteiger partial charge on any atom is 0.244 e. The van der Waals surface area contributed by atoms with Crippen molar-refractivity contribution in [3.8, 4) is 11.5 Å². The molecule has 0 aromatic heterocycles. The summed E-state index contributed by atoms with van der Waals surface area (Å²) in [5, 5.41) is 4.33. The van der Waals surface area contributed by atoms with Gasteiger partial charge in [-0.15, -0.1) is 0 Å². The van der Waals surface area contributed by atoms with E-state index in [2.05, 4.69) is 5.32 Å². The molecule has 0 radical (unpaired) electrons. The second-order valence-electron chi connectivity index (χ2n) is 5.47. The van der Waals surface area contributed by atoms with Crippen molar-refractivity contribution in [2.45, 2.75) is 0 Å². The second-order valence-corrected chi connectivity index (χ2v) is 5.47. The summed E-state index contributed by atoms with van der Waals surface area (Å²) in [5.41, 5.74) is 0.0943. The van der Waals surface area contributed by atoms with Gasteiger partial charge in [0.25, 0.3) is 0 Å². The summed E-state index contributed by atoms with van der Waals surface area (Å²) in [4.78, 5) is 23.6. The van der Waals surface area contributed by atoms with E-state index in [1.165, 1.54) is 26.4 Å². The Balaban J connectivity index is 1.92. The Morgan fingerprint density at radius 3 is 2.25 bits per heavy atom. The monoisotopic (exact) mass is 394 g/mol. The first-order chi connectivity index (χ1) is 13.3. The Morgan fingerprint density at radius 2 is 1.64 bits per heavy atom. The molecule has 0 saturated heterocycles. The van der Waals surface area contributed by atoms with Gasteiger partial charge < -0.3 is 20.1 Å². The SMILES string of the molecule is COc1cc(/C=C/C(=O)NCC(=O)Nc2ccc(F)c(F)c2F)cc(OC)c1. The maximum atomic E-state index is 13.5. The molecule has 0 unspecified atom stereocenters. The van der Waals surface area contributed by atoms with Gasteiger partial charge in [0.15, 0.2) is 17.5 Å². The summed E-state index contributed by atoms with van der Waals surface area (Å²) in [6.45, 7) is -0.497. The molecule has 28 heavy (non-hydrogen) atoms. The summed E-state index contributed by atoms with van der Waals surface area (Å²) < 4.78 is 49.7. The van der Waals surface area contributed by atoms with Gasteiger partial charge in [-0.25, -0.2) is 13.2 Å². The number of nitrogens with one attached hydrogen (secondary N) is 2. The molecule has 0 heterocycles. The lowest BCUT2D eigenvalue weighted by atomic mass is 10.2. The Bertz CT molecular complexity index is 894. The van der Waals surface area contributed by atoms with Gasteiger partial charge in [0.05, 0.1) is 26.5 Å². The molecule has 0 aliphatic carbocycles. The minimum Gasteiger partial charge on any atom is -0.497 e. The molecular weight excluding hydrogens is 377 g/mol. The number of hydrogen-bond donors (Lipinski definition) is 2. The standard InChI is InChI=1S/C19H17F3N2O4/c1-27-12-7-11(8-13(9-12)28-2)3-6-16(25)23-10-17(26)24-15-5-4-14(20)18(21)19(15)22/h3-9H,10H2,1-2H3,(H,23,25)(H,24,26)/b6-3+. The predicted molar refractivity (Wildman–Crippen MR) is 96.5 cm³/mol. The molecule has 0 saturated carbocycles. The van der Waals surface area contributed by atoms with E-state index in [4.69, 9.17) is 9.47 Å². The number of halogens is 3. The highest BCUT2D eigenvalue weighted by atomic mass is 19.2. The third-order valence-electron chi connectivity index (χ3n) is 3.53. The number of benzene rings is 2. The highest BCUT2D eigenvalue weighted by molar-refractivity contribution is 5.98. The first-order valence-corrected chi connectivity index (χ1v) is 7.96. The normalized spacial score (nSPS) is 10.6. The van der Waals surface area contributed by atoms with Gasteiger partial charge in [-0.2, -0.15) is 0 Å². The van der Waals surface area contributed by atoms with Crippen molar-refractivity contribution in [2.24, 2.45) is 0 Å². The molecule has 2 aromatic rings. The molecule has 0 bridgehead atoms. The zero-order chi connectivity index (χ0) is 20.7. The number of amides is 2. The molecule has 0 aliphatic heterocycles. The molecule has 2 amide bonds. The van der Waals surface area contributed by atoms with E-state index in [0.717, 1.165) is 6.07 Å². The number of rotatable bonds is 7. The molecular formula is C19H17F3N2O4. The largest absolute Gasteiger partial charge is 0.497 e. The van der Waals surface area contributed by atoms with Gasteiger partial charge >= 0.3 is 0 Å². The van der Waals surface area contributed by atoms with Crippen LogP contribution in [0.2, 0.25) is 0 Å². The van der Waals surface area contributed by atoms with Crippen LogP contribution in [0, 0.1) is 17.5 Å². The van der Waals surface area contributed by atoms with Gasteiger partial charge in [0.1, 0.15) is 11.5 Å². The van der Waals surface area contributed by atoms with Crippen LogP contribution in [-0.4, -0.2) is 32.6 Å². The summed E-state index contributed by atoms with van der Waals surface area (Å²) in [6, 6.07) is 6.57. The van der Waals surface area contributed by atoms with Crippen LogP contribution in [0.4, 0.5) is 18.9 Å². The van der Waals surface area contributed by atoms with Crippen molar-refractivity contribution in [3.63, 3.8) is 0 Å². The van der Waals surface area contributed by atoms with Crippen LogP contribution in [0.25, 0.3) is 6.08 Å². The molecule has 9 heteroatoms. The molecule has 2 rings (SSSR count). The van der Waals surface area contributed by atoms with Crippen LogP contribution in [-0.2, 0) is 9.59 Å². The minimum atomic E-state index is -1.70. The summed E-state index contributed by atoms with van der Waals surface area (Å²) >= 11 is 0. The Labute approximate surface area is 158 Å². The number of ether oxygens (including phenoxy) is 2. The second kappa shape index (κ2) is 9.45. The first kappa shape index (κ1) is 20.8. The van der Waals surface area contributed by atoms with Crippen LogP contribution < -0.4 is 20.1 Å². The van der Waals surface area contributed by atoms with Gasteiger partial charge in [0.2, 0.25) is 11.8 Å². The number of carbonyl (C=O) groups excluding carboxylic acids is 2. The molecule has 0 spiro atoms. The zero-order valence-electron chi connectivity index (χ0n) is 15.0. The average molecular weight is 394 g/mol. The van der Waals surface area contributed by atoms with Crippen LogP contribution in [0.1, 0.15) is 5.56 Å². The van der Waals surface area contributed by atoms with E-state index in [0.29, 0.717) is 23.1 Å². The quantitative estimate of drug-likeness (QED) is 0.559. The van der Waals surface area contributed by atoms with E-state index in [1.54, 1.807) is 18.2 Å². The van der Waals surface area contributed by atoms with Gasteiger partial charge in [-0.1, -0.05) is 0 Å². The highest BCUT2D eigenvalue weighted by Crippen LogP contribution is 2.23. The van der Waals surface area contributed by atoms with Crippen molar-refractivity contribution < 1.29 is 32.2 Å². The molecule has 148 valence electrons. The summed E-state index contributed by atoms with van der Waals surface area (Å²) in [6.07, 6.45) is 2.66. The fourth-order valence-corrected chi connectivity index (χ4v) is 2.14. The van der Waals surface area contributed by atoms with Crippen molar-refractivity contribution in [2.75, 3.05) is 26.1 Å². The van der Waals surface area contributed by atoms with E-state index in [9.17, 15) is 22.8 Å². The van der Waals surface area contributed by atoms with Crippen molar-refractivity contribution in [1.29, 1.82) is 0 Å². The topological polar surface area (TPSA) is 76.7 Å². The molecule has 6 nitrogen and oxygen atoms in total. The van der Waals surface area contributed by atoms with Crippen molar-refractivity contribution in [1.82, 2.24) is 5.32 Å². The molecule has 0 fully saturated rings. The van der Waals surface area contributed by atoms with Crippen molar-refractivity contribution >= 4 is 23.6 Å². The Kier molecular flexibility index (Phi) is 7.02. The fraction of sp³-hybridized carbons (Fsp3) is 0.158. The third kappa shape index (κ3) is 5.50. The number of methoxy groups -OCH3 is 2. The summed E-state index contributed by atoms with van der Waals surface area (Å²) in [5.74, 6) is -4.93. The minimum absolute atomic E-state index is 0.497. The first-order valence-electron chi connectivity index (χ1n) is 7.96. The van der Waals surface area contributed by atoms with Crippen molar-refractivity contribution in [3.05, 3.63) is 59.4 Å². The number of carbonyl (C=O) groups is 2. The molecule has 0 aliphatic rings. The molecule has 2 aromatic carbocycles. The number of hydrogen-bond acceptors (Lipinski definition) is 4. The van der Waals surface area contributed by atoms with Crippen LogP contribution in [0.3, 0.4) is 0 Å². The van der Waals surface area contributed by atoms with E-state index >= 15 is 0 Å². The Hall–Kier alpha value is -3.49.